The van der Waals surface area contributed by atoms with Gasteiger partial charge >= 0.3 is 0 Å². The van der Waals surface area contributed by atoms with Gasteiger partial charge in [0.1, 0.15) is 0 Å². The minimum absolute atomic E-state index is 0.464. The molecule has 3 heteroatoms. The summed E-state index contributed by atoms with van der Waals surface area (Å²) in [4.78, 5) is 0. The van der Waals surface area contributed by atoms with E-state index in [4.69, 9.17) is 9.47 Å². The summed E-state index contributed by atoms with van der Waals surface area (Å²) in [5.74, 6) is 2.59. The molecule has 0 radical (unpaired) electrons. The first-order chi connectivity index (χ1) is 8.83. The molecular weight excluding hydrogens is 226 g/mol. The fourth-order valence-corrected chi connectivity index (χ4v) is 2.76. The van der Waals surface area contributed by atoms with Crippen molar-refractivity contribution in [2.75, 3.05) is 19.8 Å². The predicted octanol–water partition coefficient (Wildman–Crippen LogP) is 2.91. The van der Waals surface area contributed by atoms with Crippen molar-refractivity contribution in [3.63, 3.8) is 0 Å². The normalized spacial score (nSPS) is 27.6. The average Bonchev–Trinajstić information content (AvgIpc) is 2.63. The lowest BCUT2D eigenvalue weighted by Crippen LogP contribution is -2.30. The Hall–Kier alpha value is -1.22. The Bertz CT molecular complexity index is 419. The second-order valence-electron chi connectivity index (χ2n) is 5.39. The maximum atomic E-state index is 5.75. The molecule has 2 atom stereocenters. The van der Waals surface area contributed by atoms with Gasteiger partial charge in [0.05, 0.1) is 13.2 Å². The monoisotopic (exact) mass is 247 g/mol. The van der Waals surface area contributed by atoms with Gasteiger partial charge in [-0.2, -0.15) is 0 Å². The number of ether oxygens (including phenoxy) is 2. The Balaban J connectivity index is 1.82. The van der Waals surface area contributed by atoms with E-state index in [2.05, 4.69) is 30.4 Å². The lowest BCUT2D eigenvalue weighted by molar-refractivity contribution is 0.296. The van der Waals surface area contributed by atoms with Crippen LogP contribution in [0.15, 0.2) is 18.2 Å². The molecule has 2 unspecified atom stereocenters. The van der Waals surface area contributed by atoms with Crippen LogP contribution in [-0.4, -0.2) is 19.8 Å². The molecule has 1 fully saturated rings. The highest BCUT2D eigenvalue weighted by molar-refractivity contribution is 5.44. The molecule has 1 aromatic rings. The van der Waals surface area contributed by atoms with Crippen LogP contribution in [-0.2, 0) is 0 Å². The first-order valence-electron chi connectivity index (χ1n) is 6.96. The van der Waals surface area contributed by atoms with E-state index in [9.17, 15) is 0 Å². The van der Waals surface area contributed by atoms with E-state index in [1.54, 1.807) is 0 Å². The Morgan fingerprint density at radius 3 is 2.83 bits per heavy atom. The van der Waals surface area contributed by atoms with Crippen LogP contribution in [0.25, 0.3) is 0 Å². The SMILES string of the molecule is CC1CCNC(c2ccc3c(c2)OCCCO3)C1. The summed E-state index contributed by atoms with van der Waals surface area (Å²) in [7, 11) is 0. The quantitative estimate of drug-likeness (QED) is 0.827. The summed E-state index contributed by atoms with van der Waals surface area (Å²) in [6, 6.07) is 6.84. The van der Waals surface area contributed by atoms with Crippen LogP contribution < -0.4 is 14.8 Å². The number of hydrogen-bond acceptors (Lipinski definition) is 3. The standard InChI is InChI=1S/C15H21NO2/c1-11-5-6-16-13(9-11)12-3-4-14-15(10-12)18-8-2-7-17-14/h3-4,10-11,13,16H,2,5-9H2,1H3. The van der Waals surface area contributed by atoms with Crippen LogP contribution in [0, 0.1) is 5.92 Å². The van der Waals surface area contributed by atoms with Crippen molar-refractivity contribution in [3.8, 4) is 11.5 Å². The number of hydrogen-bond donors (Lipinski definition) is 1. The Labute approximate surface area is 108 Å². The van der Waals surface area contributed by atoms with E-state index in [1.165, 1.54) is 18.4 Å². The maximum Gasteiger partial charge on any atom is 0.161 e. The third-order valence-corrected chi connectivity index (χ3v) is 3.84. The molecule has 2 heterocycles. The molecule has 1 aromatic carbocycles. The highest BCUT2D eigenvalue weighted by atomic mass is 16.5. The molecule has 1 saturated heterocycles. The molecule has 18 heavy (non-hydrogen) atoms. The van der Waals surface area contributed by atoms with E-state index >= 15 is 0 Å². The number of rotatable bonds is 1. The maximum absolute atomic E-state index is 5.75. The van der Waals surface area contributed by atoms with Gasteiger partial charge in [0.15, 0.2) is 11.5 Å². The largest absolute Gasteiger partial charge is 0.490 e. The molecule has 2 aliphatic heterocycles. The Morgan fingerprint density at radius 2 is 2.00 bits per heavy atom. The van der Waals surface area contributed by atoms with Gasteiger partial charge < -0.3 is 14.8 Å². The molecule has 1 N–H and O–H groups in total. The lowest BCUT2D eigenvalue weighted by Gasteiger charge is -2.28. The number of piperidine rings is 1. The third-order valence-electron chi connectivity index (χ3n) is 3.84. The fourth-order valence-electron chi connectivity index (χ4n) is 2.76. The van der Waals surface area contributed by atoms with Crippen molar-refractivity contribution in [1.82, 2.24) is 5.32 Å². The van der Waals surface area contributed by atoms with Gasteiger partial charge in [-0.25, -0.2) is 0 Å². The first-order valence-corrected chi connectivity index (χ1v) is 6.96. The molecule has 3 rings (SSSR count). The molecule has 0 aliphatic carbocycles. The first kappa shape index (κ1) is 11.8. The summed E-state index contributed by atoms with van der Waals surface area (Å²) < 4.78 is 11.4. The minimum Gasteiger partial charge on any atom is -0.490 e. The van der Waals surface area contributed by atoms with Gasteiger partial charge in [0.2, 0.25) is 0 Å². The van der Waals surface area contributed by atoms with E-state index in [0.717, 1.165) is 43.6 Å². The van der Waals surface area contributed by atoms with E-state index < -0.39 is 0 Å². The summed E-state index contributed by atoms with van der Waals surface area (Å²) in [5.41, 5.74) is 1.32. The lowest BCUT2D eigenvalue weighted by atomic mass is 9.90. The molecular formula is C15H21NO2. The summed E-state index contributed by atoms with van der Waals surface area (Å²) in [6.07, 6.45) is 3.45. The summed E-state index contributed by atoms with van der Waals surface area (Å²) >= 11 is 0. The van der Waals surface area contributed by atoms with Crippen LogP contribution in [0.3, 0.4) is 0 Å². The zero-order chi connectivity index (χ0) is 12.4. The molecule has 3 nitrogen and oxygen atoms in total. The van der Waals surface area contributed by atoms with Crippen LogP contribution >= 0.6 is 0 Å². The second kappa shape index (κ2) is 5.19. The smallest absolute Gasteiger partial charge is 0.161 e. The molecule has 0 amide bonds. The Morgan fingerprint density at radius 1 is 1.17 bits per heavy atom. The highest BCUT2D eigenvalue weighted by Gasteiger charge is 2.21. The van der Waals surface area contributed by atoms with Crippen LogP contribution in [0.5, 0.6) is 11.5 Å². The Kier molecular flexibility index (Phi) is 3.41. The van der Waals surface area contributed by atoms with Crippen LogP contribution in [0.1, 0.15) is 37.8 Å². The molecule has 0 spiro atoms. The summed E-state index contributed by atoms with van der Waals surface area (Å²) in [6.45, 7) is 4.95. The molecule has 98 valence electrons. The van der Waals surface area contributed by atoms with Crippen molar-refractivity contribution in [2.45, 2.75) is 32.2 Å². The molecule has 0 saturated carbocycles. The molecule has 0 bridgehead atoms. The second-order valence-corrected chi connectivity index (χ2v) is 5.39. The third kappa shape index (κ3) is 2.46. The number of fused-ring (bicyclic) bond motifs is 1. The topological polar surface area (TPSA) is 30.5 Å². The van der Waals surface area contributed by atoms with Crippen molar-refractivity contribution >= 4 is 0 Å². The van der Waals surface area contributed by atoms with E-state index in [1.807, 2.05) is 0 Å². The minimum atomic E-state index is 0.464. The van der Waals surface area contributed by atoms with Gasteiger partial charge in [0, 0.05) is 12.5 Å². The van der Waals surface area contributed by atoms with Crippen molar-refractivity contribution in [2.24, 2.45) is 5.92 Å². The van der Waals surface area contributed by atoms with Gasteiger partial charge in [-0.3, -0.25) is 0 Å². The van der Waals surface area contributed by atoms with Crippen molar-refractivity contribution in [3.05, 3.63) is 23.8 Å². The number of nitrogens with one attached hydrogen (secondary N) is 1. The van der Waals surface area contributed by atoms with Crippen LogP contribution in [0.4, 0.5) is 0 Å². The van der Waals surface area contributed by atoms with E-state index in [0.29, 0.717) is 6.04 Å². The van der Waals surface area contributed by atoms with Crippen molar-refractivity contribution < 1.29 is 9.47 Å². The summed E-state index contributed by atoms with van der Waals surface area (Å²) in [5, 5.41) is 3.59. The highest BCUT2D eigenvalue weighted by Crippen LogP contribution is 2.35. The van der Waals surface area contributed by atoms with Gasteiger partial charge in [-0.15, -0.1) is 0 Å². The molecule has 0 aromatic heterocycles. The van der Waals surface area contributed by atoms with Crippen LogP contribution in [0.2, 0.25) is 0 Å². The molecule has 2 aliphatic rings. The average molecular weight is 247 g/mol. The van der Waals surface area contributed by atoms with Gasteiger partial charge in [0.25, 0.3) is 0 Å². The van der Waals surface area contributed by atoms with Crippen molar-refractivity contribution in [1.29, 1.82) is 0 Å². The van der Waals surface area contributed by atoms with Gasteiger partial charge in [-0.1, -0.05) is 13.0 Å². The zero-order valence-electron chi connectivity index (χ0n) is 10.9. The van der Waals surface area contributed by atoms with Gasteiger partial charge in [-0.05, 0) is 43.0 Å². The fraction of sp³-hybridized carbons (Fsp3) is 0.600. The zero-order valence-corrected chi connectivity index (χ0v) is 10.9. The number of benzene rings is 1. The predicted molar refractivity (Wildman–Crippen MR) is 71.2 cm³/mol. The van der Waals surface area contributed by atoms with E-state index in [-0.39, 0.29) is 0 Å².